The van der Waals surface area contributed by atoms with E-state index in [-0.39, 0.29) is 12.5 Å². The van der Waals surface area contributed by atoms with Gasteiger partial charge in [0.2, 0.25) is 5.91 Å². The zero-order valence-corrected chi connectivity index (χ0v) is 12.7. The highest BCUT2D eigenvalue weighted by Crippen LogP contribution is 2.26. The van der Waals surface area contributed by atoms with Crippen LogP contribution < -0.4 is 5.32 Å². The minimum atomic E-state index is -0.978. The van der Waals surface area contributed by atoms with E-state index in [0.717, 1.165) is 0 Å². The van der Waals surface area contributed by atoms with Crippen molar-refractivity contribution < 1.29 is 14.3 Å². The van der Waals surface area contributed by atoms with Crippen LogP contribution in [-0.4, -0.2) is 23.2 Å². The van der Waals surface area contributed by atoms with Gasteiger partial charge in [-0.2, -0.15) is 0 Å². The van der Waals surface area contributed by atoms with Crippen molar-refractivity contribution in [3.05, 3.63) is 35.6 Å². The van der Waals surface area contributed by atoms with Gasteiger partial charge in [0.05, 0.1) is 11.0 Å². The van der Waals surface area contributed by atoms with E-state index in [1.54, 1.807) is 32.0 Å². The third-order valence-corrected chi connectivity index (χ3v) is 4.01. The lowest BCUT2D eigenvalue weighted by atomic mass is 9.83. The van der Waals surface area contributed by atoms with Crippen LogP contribution in [0.15, 0.2) is 24.3 Å². The molecular formula is C16H24FNO2. The lowest BCUT2D eigenvalue weighted by Crippen LogP contribution is -2.48. The molecule has 0 radical (unpaired) electrons. The standard InChI is InChI=1S/C16H24FNO2/c1-5-16(20,6-2)11-18-14(19)15(3,4)12-9-7-8-10-13(12)17/h7-10,20H,5-6,11H2,1-4H3,(H,18,19). The van der Waals surface area contributed by atoms with Crippen LogP contribution in [0.25, 0.3) is 0 Å². The molecular weight excluding hydrogens is 257 g/mol. The fourth-order valence-electron chi connectivity index (χ4n) is 2.06. The van der Waals surface area contributed by atoms with Gasteiger partial charge in [-0.05, 0) is 32.8 Å². The Labute approximate surface area is 120 Å². The van der Waals surface area contributed by atoms with E-state index in [1.807, 2.05) is 13.8 Å². The maximum atomic E-state index is 13.8. The first-order valence-electron chi connectivity index (χ1n) is 7.02. The van der Waals surface area contributed by atoms with Gasteiger partial charge in [-0.25, -0.2) is 4.39 Å². The van der Waals surface area contributed by atoms with Crippen LogP contribution in [0.2, 0.25) is 0 Å². The average Bonchev–Trinajstić information content (AvgIpc) is 2.44. The summed E-state index contributed by atoms with van der Waals surface area (Å²) in [7, 11) is 0. The fraction of sp³-hybridized carbons (Fsp3) is 0.562. The third-order valence-electron chi connectivity index (χ3n) is 4.01. The Bertz CT molecular complexity index is 467. The highest BCUT2D eigenvalue weighted by molar-refractivity contribution is 5.87. The number of amides is 1. The zero-order valence-electron chi connectivity index (χ0n) is 12.7. The van der Waals surface area contributed by atoms with Gasteiger partial charge in [0.25, 0.3) is 0 Å². The van der Waals surface area contributed by atoms with Gasteiger partial charge in [0.1, 0.15) is 5.82 Å². The van der Waals surface area contributed by atoms with Gasteiger partial charge in [-0.15, -0.1) is 0 Å². The van der Waals surface area contributed by atoms with Crippen LogP contribution in [0, 0.1) is 5.82 Å². The second kappa shape index (κ2) is 6.35. The smallest absolute Gasteiger partial charge is 0.230 e. The van der Waals surface area contributed by atoms with E-state index in [0.29, 0.717) is 18.4 Å². The van der Waals surface area contributed by atoms with Crippen molar-refractivity contribution in [2.75, 3.05) is 6.54 Å². The van der Waals surface area contributed by atoms with Crippen molar-refractivity contribution in [1.29, 1.82) is 0 Å². The fourth-order valence-corrected chi connectivity index (χ4v) is 2.06. The zero-order chi connectivity index (χ0) is 15.4. The number of carbonyl (C=O) groups is 1. The van der Waals surface area contributed by atoms with Crippen molar-refractivity contribution in [2.45, 2.75) is 51.6 Å². The molecule has 112 valence electrons. The quantitative estimate of drug-likeness (QED) is 0.842. The van der Waals surface area contributed by atoms with Crippen molar-refractivity contribution in [3.63, 3.8) is 0 Å². The first-order valence-corrected chi connectivity index (χ1v) is 7.02. The molecule has 1 amide bonds. The molecule has 0 aliphatic carbocycles. The Hall–Kier alpha value is -1.42. The first kappa shape index (κ1) is 16.6. The molecule has 0 spiro atoms. The molecule has 0 bridgehead atoms. The second-order valence-corrected chi connectivity index (χ2v) is 5.72. The van der Waals surface area contributed by atoms with Gasteiger partial charge >= 0.3 is 0 Å². The molecule has 0 saturated heterocycles. The second-order valence-electron chi connectivity index (χ2n) is 5.72. The lowest BCUT2D eigenvalue weighted by molar-refractivity contribution is -0.127. The number of nitrogens with one attached hydrogen (secondary N) is 1. The van der Waals surface area contributed by atoms with E-state index in [2.05, 4.69) is 5.32 Å². The number of hydrogen-bond donors (Lipinski definition) is 2. The normalized spacial score (nSPS) is 12.3. The molecule has 4 heteroatoms. The summed E-state index contributed by atoms with van der Waals surface area (Å²) in [5, 5.41) is 12.9. The predicted octanol–water partition coefficient (Wildman–Crippen LogP) is 2.77. The topological polar surface area (TPSA) is 49.3 Å². The van der Waals surface area contributed by atoms with E-state index in [4.69, 9.17) is 0 Å². The highest BCUT2D eigenvalue weighted by atomic mass is 19.1. The number of hydrogen-bond acceptors (Lipinski definition) is 2. The Morgan fingerprint density at radius 2 is 1.80 bits per heavy atom. The molecule has 1 aromatic rings. The summed E-state index contributed by atoms with van der Waals surface area (Å²) < 4.78 is 13.8. The van der Waals surface area contributed by atoms with E-state index < -0.39 is 16.8 Å². The molecule has 0 unspecified atom stereocenters. The molecule has 0 fully saturated rings. The van der Waals surface area contributed by atoms with Gasteiger partial charge in [0, 0.05) is 12.1 Å². The predicted molar refractivity (Wildman–Crippen MR) is 78.0 cm³/mol. The SMILES string of the molecule is CCC(O)(CC)CNC(=O)C(C)(C)c1ccccc1F. The lowest BCUT2D eigenvalue weighted by Gasteiger charge is -2.29. The number of aliphatic hydroxyl groups is 1. The minimum Gasteiger partial charge on any atom is -0.388 e. The van der Waals surface area contributed by atoms with Gasteiger partial charge in [-0.3, -0.25) is 4.79 Å². The van der Waals surface area contributed by atoms with Gasteiger partial charge in [0.15, 0.2) is 0 Å². The highest BCUT2D eigenvalue weighted by Gasteiger charge is 2.33. The summed E-state index contributed by atoms with van der Waals surface area (Å²) in [5.74, 6) is -0.684. The van der Waals surface area contributed by atoms with Crippen molar-refractivity contribution in [3.8, 4) is 0 Å². The molecule has 0 aliphatic heterocycles. The van der Waals surface area contributed by atoms with E-state index in [1.165, 1.54) is 6.07 Å². The van der Waals surface area contributed by atoms with Gasteiger partial charge in [-0.1, -0.05) is 32.0 Å². The van der Waals surface area contributed by atoms with Crippen LogP contribution in [-0.2, 0) is 10.2 Å². The largest absolute Gasteiger partial charge is 0.388 e. The third kappa shape index (κ3) is 3.57. The number of carbonyl (C=O) groups excluding carboxylic acids is 1. The number of rotatable bonds is 6. The molecule has 3 nitrogen and oxygen atoms in total. The molecule has 0 heterocycles. The maximum Gasteiger partial charge on any atom is 0.230 e. The average molecular weight is 281 g/mol. The van der Waals surface area contributed by atoms with Gasteiger partial charge < -0.3 is 10.4 Å². The molecule has 1 rings (SSSR count). The van der Waals surface area contributed by atoms with Crippen molar-refractivity contribution in [1.82, 2.24) is 5.32 Å². The van der Waals surface area contributed by atoms with Crippen LogP contribution >= 0.6 is 0 Å². The van der Waals surface area contributed by atoms with E-state index in [9.17, 15) is 14.3 Å². The monoisotopic (exact) mass is 281 g/mol. The Morgan fingerprint density at radius 1 is 1.25 bits per heavy atom. The first-order chi connectivity index (χ1) is 9.27. The molecule has 0 aromatic heterocycles. The molecule has 0 aliphatic rings. The molecule has 20 heavy (non-hydrogen) atoms. The maximum absolute atomic E-state index is 13.8. The van der Waals surface area contributed by atoms with Crippen LogP contribution in [0.4, 0.5) is 4.39 Å². The molecule has 0 atom stereocenters. The summed E-state index contributed by atoms with van der Waals surface area (Å²) in [5.41, 5.74) is -1.52. The molecule has 1 aromatic carbocycles. The minimum absolute atomic E-state index is 0.177. The number of halogens is 1. The summed E-state index contributed by atoms with van der Waals surface area (Å²) in [6.07, 6.45) is 1.12. The Kier molecular flexibility index (Phi) is 5.28. The van der Waals surface area contributed by atoms with E-state index >= 15 is 0 Å². The summed E-state index contributed by atoms with van der Waals surface area (Å²) >= 11 is 0. The summed E-state index contributed by atoms with van der Waals surface area (Å²) in [4.78, 5) is 12.3. The van der Waals surface area contributed by atoms with Crippen LogP contribution in [0.1, 0.15) is 46.1 Å². The van der Waals surface area contributed by atoms with Crippen molar-refractivity contribution in [2.24, 2.45) is 0 Å². The summed E-state index contributed by atoms with van der Waals surface area (Å²) in [6.45, 7) is 7.28. The molecule has 2 N–H and O–H groups in total. The molecule has 0 saturated carbocycles. The van der Waals surface area contributed by atoms with Crippen LogP contribution in [0.3, 0.4) is 0 Å². The summed E-state index contributed by atoms with van der Waals surface area (Å²) in [6, 6.07) is 6.27. The van der Waals surface area contributed by atoms with Crippen molar-refractivity contribution >= 4 is 5.91 Å². The number of benzene rings is 1. The van der Waals surface area contributed by atoms with Crippen LogP contribution in [0.5, 0.6) is 0 Å². The Morgan fingerprint density at radius 3 is 2.30 bits per heavy atom. The Balaban J connectivity index is 2.84.